The summed E-state index contributed by atoms with van der Waals surface area (Å²) in [7, 11) is -3.94. The van der Waals surface area contributed by atoms with Crippen LogP contribution in [0.2, 0.25) is 0 Å². The lowest BCUT2D eigenvalue weighted by Crippen LogP contribution is -2.29. The molecule has 0 amide bonds. The first-order chi connectivity index (χ1) is 10.3. The summed E-state index contributed by atoms with van der Waals surface area (Å²) in [6.07, 6.45) is 2.90. The Morgan fingerprint density at radius 2 is 2.05 bits per heavy atom. The highest BCUT2D eigenvalue weighted by molar-refractivity contribution is 7.91. The maximum atomic E-state index is 11.8. The Balaban J connectivity index is 2.14. The van der Waals surface area contributed by atoms with Gasteiger partial charge in [0.2, 0.25) is 5.88 Å². The van der Waals surface area contributed by atoms with E-state index in [0.717, 1.165) is 23.3 Å². The first kappa shape index (κ1) is 16.3. The van der Waals surface area contributed by atoms with Crippen molar-refractivity contribution in [1.29, 1.82) is 0 Å². The van der Waals surface area contributed by atoms with Crippen molar-refractivity contribution in [2.75, 3.05) is 10.9 Å². The van der Waals surface area contributed by atoms with Crippen molar-refractivity contribution in [1.82, 2.24) is 4.72 Å². The van der Waals surface area contributed by atoms with Crippen molar-refractivity contribution in [2.45, 2.75) is 26.7 Å². The monoisotopic (exact) mass is 328 g/mol. The second-order valence-electron chi connectivity index (χ2n) is 5.45. The number of aliphatic hydroxyl groups is 1. The minimum absolute atomic E-state index is 0.0120. The predicted molar refractivity (Wildman–Crippen MR) is 82.9 cm³/mol. The lowest BCUT2D eigenvalue weighted by Gasteiger charge is -2.16. The van der Waals surface area contributed by atoms with E-state index in [1.165, 1.54) is 12.1 Å². The van der Waals surface area contributed by atoms with Gasteiger partial charge in [-0.1, -0.05) is 13.8 Å². The maximum absolute atomic E-state index is 11.8. The molecule has 0 radical (unpaired) electrons. The molecule has 0 aliphatic carbocycles. The molecule has 3 N–H and O–H groups in total. The fourth-order valence-electron chi connectivity index (χ4n) is 2.04. The Morgan fingerprint density at radius 3 is 2.64 bits per heavy atom. The third-order valence-electron chi connectivity index (χ3n) is 3.11. The maximum Gasteiger partial charge on any atom is 0.330 e. The van der Waals surface area contributed by atoms with Gasteiger partial charge in [0.25, 0.3) is 0 Å². The molecule has 8 heteroatoms. The topological polar surface area (TPSA) is 99.1 Å². The van der Waals surface area contributed by atoms with Gasteiger partial charge in [-0.25, -0.2) is 9.03 Å². The number of hydrogen-bond acceptors (Lipinski definition) is 5. The minimum Gasteiger partial charge on any atom is -0.506 e. The fourth-order valence-corrected chi connectivity index (χ4v) is 3.10. The molecule has 0 spiro atoms. The van der Waals surface area contributed by atoms with E-state index in [0.29, 0.717) is 18.3 Å². The molecule has 22 heavy (non-hydrogen) atoms. The van der Waals surface area contributed by atoms with Crippen LogP contribution in [0.1, 0.15) is 26.7 Å². The van der Waals surface area contributed by atoms with Gasteiger partial charge in [-0.05, 0) is 30.9 Å². The lowest BCUT2D eigenvalue weighted by atomic mass is 10.1. The molecule has 122 valence electrons. The van der Waals surface area contributed by atoms with Gasteiger partial charge in [0, 0.05) is 6.07 Å². The average molecular weight is 328 g/mol. The summed E-state index contributed by atoms with van der Waals surface area (Å²) in [6, 6.07) is 4.33. The van der Waals surface area contributed by atoms with Crippen molar-refractivity contribution in [3.63, 3.8) is 0 Å². The number of rotatable bonds is 6. The van der Waals surface area contributed by atoms with Gasteiger partial charge in [-0.3, -0.25) is 0 Å². The number of hydrogen-bond donors (Lipinski definition) is 3. The Kier molecular flexibility index (Phi) is 4.70. The molecule has 0 aromatic heterocycles. The number of aromatic hydroxyl groups is 1. The first-order valence-electron chi connectivity index (χ1n) is 6.98. The van der Waals surface area contributed by atoms with Crippen LogP contribution in [0.15, 0.2) is 30.3 Å². The third-order valence-corrected chi connectivity index (χ3v) is 4.40. The van der Waals surface area contributed by atoms with Crippen molar-refractivity contribution in [3.8, 4) is 11.5 Å². The van der Waals surface area contributed by atoms with Crippen LogP contribution < -0.4 is 13.8 Å². The zero-order chi connectivity index (χ0) is 16.3. The van der Waals surface area contributed by atoms with Gasteiger partial charge in [-0.15, -0.1) is 0 Å². The highest BCUT2D eigenvalue weighted by atomic mass is 32.2. The van der Waals surface area contributed by atoms with Gasteiger partial charge in [0.05, 0.1) is 12.8 Å². The number of ether oxygens (including phenoxy) is 1. The predicted octanol–water partition coefficient (Wildman–Crippen LogP) is 2.22. The van der Waals surface area contributed by atoms with Gasteiger partial charge < -0.3 is 14.9 Å². The number of anilines is 1. The summed E-state index contributed by atoms with van der Waals surface area (Å²) in [5.74, 6) is 0.299. The summed E-state index contributed by atoms with van der Waals surface area (Å²) < 4.78 is 31.9. The van der Waals surface area contributed by atoms with Gasteiger partial charge in [0.15, 0.2) is 0 Å². The first-order valence-corrected chi connectivity index (χ1v) is 8.42. The molecule has 1 heterocycles. The van der Waals surface area contributed by atoms with E-state index < -0.39 is 16.1 Å². The summed E-state index contributed by atoms with van der Waals surface area (Å²) in [6.45, 7) is 4.76. The fraction of sp³-hybridized carbons (Fsp3) is 0.429. The van der Waals surface area contributed by atoms with E-state index in [9.17, 15) is 18.6 Å². The SMILES string of the molecule is CC(C)CCCOc1ccc(O)c(N2C=C(O)NS2(=O)=O)c1. The second kappa shape index (κ2) is 6.35. The van der Waals surface area contributed by atoms with Gasteiger partial charge >= 0.3 is 10.2 Å². The smallest absolute Gasteiger partial charge is 0.330 e. The van der Waals surface area contributed by atoms with Crippen LogP contribution in [-0.4, -0.2) is 25.2 Å². The van der Waals surface area contributed by atoms with E-state index in [-0.39, 0.29) is 11.4 Å². The molecule has 0 unspecified atom stereocenters. The van der Waals surface area contributed by atoms with E-state index in [4.69, 9.17) is 4.74 Å². The summed E-state index contributed by atoms with van der Waals surface area (Å²) >= 11 is 0. The molecular formula is C14H20N2O5S. The van der Waals surface area contributed by atoms with Crippen molar-refractivity contribution in [2.24, 2.45) is 5.92 Å². The zero-order valence-corrected chi connectivity index (χ0v) is 13.3. The number of aliphatic hydroxyl groups excluding tert-OH is 1. The largest absolute Gasteiger partial charge is 0.506 e. The molecule has 1 aliphatic heterocycles. The second-order valence-corrected chi connectivity index (χ2v) is 7.00. The highest BCUT2D eigenvalue weighted by Gasteiger charge is 2.30. The van der Waals surface area contributed by atoms with Crippen LogP contribution in [0, 0.1) is 5.92 Å². The van der Waals surface area contributed by atoms with Crippen LogP contribution >= 0.6 is 0 Å². The Morgan fingerprint density at radius 1 is 1.32 bits per heavy atom. The number of phenolic OH excluding ortho intramolecular Hbond substituents is 1. The molecule has 7 nitrogen and oxygen atoms in total. The summed E-state index contributed by atoms with van der Waals surface area (Å²) in [5.41, 5.74) is 0.0120. The van der Waals surface area contributed by atoms with Crippen LogP contribution in [0.4, 0.5) is 5.69 Å². The summed E-state index contributed by atoms with van der Waals surface area (Å²) in [5, 5.41) is 19.2. The Labute approximate surface area is 130 Å². The van der Waals surface area contributed by atoms with Crippen molar-refractivity contribution in [3.05, 3.63) is 30.3 Å². The molecule has 0 fully saturated rings. The number of nitrogens with one attached hydrogen (secondary N) is 1. The molecule has 1 aromatic rings. The third kappa shape index (κ3) is 3.76. The number of nitrogens with zero attached hydrogens (tertiary/aromatic N) is 1. The summed E-state index contributed by atoms with van der Waals surface area (Å²) in [4.78, 5) is 0. The van der Waals surface area contributed by atoms with E-state index in [2.05, 4.69) is 13.8 Å². The van der Waals surface area contributed by atoms with Crippen molar-refractivity contribution >= 4 is 15.9 Å². The average Bonchev–Trinajstić information content (AvgIpc) is 2.69. The van der Waals surface area contributed by atoms with Crippen molar-refractivity contribution < 1.29 is 23.4 Å². The Bertz CT molecular complexity index is 670. The zero-order valence-electron chi connectivity index (χ0n) is 12.5. The standard InChI is InChI=1S/C14H20N2O5S/c1-10(2)4-3-7-21-11-5-6-13(17)12(8-11)16-9-14(18)15-22(16,19)20/h5-6,8-10,15,17-18H,3-4,7H2,1-2H3. The molecule has 1 aliphatic rings. The van der Waals surface area contributed by atoms with E-state index in [1.54, 1.807) is 6.07 Å². The molecule has 0 atom stereocenters. The molecule has 0 saturated carbocycles. The van der Waals surface area contributed by atoms with E-state index in [1.807, 2.05) is 4.72 Å². The lowest BCUT2D eigenvalue weighted by molar-refractivity contribution is 0.297. The quantitative estimate of drug-likeness (QED) is 0.695. The van der Waals surface area contributed by atoms with Crippen LogP contribution in [0.25, 0.3) is 0 Å². The molecule has 0 saturated heterocycles. The van der Waals surface area contributed by atoms with Crippen LogP contribution in [0.5, 0.6) is 11.5 Å². The number of phenols is 1. The van der Waals surface area contributed by atoms with Gasteiger partial charge in [0.1, 0.15) is 17.2 Å². The molecule has 1 aromatic carbocycles. The molecular weight excluding hydrogens is 308 g/mol. The minimum atomic E-state index is -3.94. The van der Waals surface area contributed by atoms with Gasteiger partial charge in [-0.2, -0.15) is 8.42 Å². The molecule has 0 bridgehead atoms. The highest BCUT2D eigenvalue weighted by Crippen LogP contribution is 2.34. The van der Waals surface area contributed by atoms with Crippen LogP contribution in [0.3, 0.4) is 0 Å². The van der Waals surface area contributed by atoms with Crippen LogP contribution in [-0.2, 0) is 10.2 Å². The number of benzene rings is 1. The molecule has 2 rings (SSSR count). The Hall–Kier alpha value is -2.09. The van der Waals surface area contributed by atoms with E-state index >= 15 is 0 Å². The normalized spacial score (nSPS) is 16.5.